The van der Waals surface area contributed by atoms with E-state index in [-0.39, 0.29) is 29.1 Å². The van der Waals surface area contributed by atoms with Gasteiger partial charge < -0.3 is 9.47 Å². The van der Waals surface area contributed by atoms with Crippen molar-refractivity contribution in [1.82, 2.24) is 0 Å². The minimum atomic E-state index is -0.651. The Kier molecular flexibility index (Phi) is 3.35. The van der Waals surface area contributed by atoms with Gasteiger partial charge in [-0.3, -0.25) is 0 Å². The Bertz CT molecular complexity index is 642. The maximum atomic E-state index is 6.72. The van der Waals surface area contributed by atoms with Crippen LogP contribution in [0.3, 0.4) is 0 Å². The highest BCUT2D eigenvalue weighted by Crippen LogP contribution is 2.67. The van der Waals surface area contributed by atoms with Gasteiger partial charge in [0, 0.05) is 17.4 Å². The van der Waals surface area contributed by atoms with Gasteiger partial charge in [0.15, 0.2) is 0 Å². The summed E-state index contributed by atoms with van der Waals surface area (Å²) in [5, 5.41) is 0. The number of ether oxygens (including phenoxy) is 2. The third-order valence-corrected chi connectivity index (χ3v) is 7.43. The van der Waals surface area contributed by atoms with Crippen LogP contribution in [0.2, 0.25) is 0 Å². The second-order valence-electron chi connectivity index (χ2n) is 8.18. The molecule has 1 aromatic carbocycles. The van der Waals surface area contributed by atoms with E-state index in [0.29, 0.717) is 5.92 Å². The molecule has 0 unspecified atom stereocenters. The summed E-state index contributed by atoms with van der Waals surface area (Å²) >= 11 is 12.9. The molecule has 1 saturated heterocycles. The zero-order chi connectivity index (χ0) is 16.6. The lowest BCUT2D eigenvalue weighted by Crippen LogP contribution is -2.52. The SMILES string of the molecule is C[C@@H]1[C@H]([C@]2(C)CC[C@H]3[C@H](O2)c2ccccc2OC3(C)C)C1(Cl)Cl. The number of halogens is 2. The fourth-order valence-electron chi connectivity index (χ4n) is 4.83. The molecule has 2 aliphatic heterocycles. The van der Waals surface area contributed by atoms with Crippen LogP contribution in [0.25, 0.3) is 0 Å². The smallest absolute Gasteiger partial charge is 0.127 e. The Balaban J connectivity index is 1.71. The third-order valence-electron chi connectivity index (χ3n) is 6.28. The molecule has 3 aliphatic rings. The number of fused-ring (bicyclic) bond motifs is 3. The summed E-state index contributed by atoms with van der Waals surface area (Å²) in [5.41, 5.74) is 0.657. The van der Waals surface area contributed by atoms with Crippen molar-refractivity contribution in [2.75, 3.05) is 0 Å². The lowest BCUT2D eigenvalue weighted by molar-refractivity contribution is -0.199. The first-order chi connectivity index (χ1) is 10.7. The number of hydrogen-bond donors (Lipinski definition) is 0. The van der Waals surface area contributed by atoms with E-state index in [1.54, 1.807) is 0 Å². The normalized spacial score (nSPS) is 43.0. The summed E-state index contributed by atoms with van der Waals surface area (Å²) in [6, 6.07) is 8.23. The topological polar surface area (TPSA) is 18.5 Å². The van der Waals surface area contributed by atoms with E-state index in [1.807, 2.05) is 12.1 Å². The molecule has 1 aliphatic carbocycles. The van der Waals surface area contributed by atoms with E-state index >= 15 is 0 Å². The molecule has 5 atom stereocenters. The summed E-state index contributed by atoms with van der Waals surface area (Å²) in [4.78, 5) is 0. The van der Waals surface area contributed by atoms with Gasteiger partial charge in [0.05, 0.1) is 11.7 Å². The Hall–Kier alpha value is -0.440. The molecule has 2 fully saturated rings. The van der Waals surface area contributed by atoms with Crippen molar-refractivity contribution in [3.63, 3.8) is 0 Å². The van der Waals surface area contributed by atoms with Crippen LogP contribution in [-0.4, -0.2) is 15.5 Å². The quantitative estimate of drug-likeness (QED) is 0.617. The lowest BCUT2D eigenvalue weighted by Gasteiger charge is -2.52. The van der Waals surface area contributed by atoms with Crippen LogP contribution in [-0.2, 0) is 4.74 Å². The highest BCUT2D eigenvalue weighted by atomic mass is 35.5. The largest absolute Gasteiger partial charge is 0.487 e. The molecular weight excluding hydrogens is 331 g/mol. The summed E-state index contributed by atoms with van der Waals surface area (Å²) in [7, 11) is 0. The molecule has 0 aromatic heterocycles. The van der Waals surface area contributed by atoms with Crippen molar-refractivity contribution in [1.29, 1.82) is 0 Å². The summed E-state index contributed by atoms with van der Waals surface area (Å²) < 4.78 is 12.3. The maximum Gasteiger partial charge on any atom is 0.127 e. The van der Waals surface area contributed by atoms with Gasteiger partial charge in [-0.05, 0) is 45.6 Å². The molecule has 0 radical (unpaired) electrons. The monoisotopic (exact) mass is 354 g/mol. The summed E-state index contributed by atoms with van der Waals surface area (Å²) in [6.07, 6.45) is 2.08. The van der Waals surface area contributed by atoms with E-state index in [4.69, 9.17) is 32.7 Å². The molecule has 1 saturated carbocycles. The maximum absolute atomic E-state index is 6.72. The van der Waals surface area contributed by atoms with Crippen LogP contribution < -0.4 is 4.74 Å². The number of alkyl halides is 2. The molecule has 126 valence electrons. The minimum absolute atomic E-state index is 0.0469. The number of rotatable bonds is 1. The van der Waals surface area contributed by atoms with Crippen LogP contribution >= 0.6 is 23.2 Å². The number of para-hydroxylation sites is 1. The van der Waals surface area contributed by atoms with Crippen molar-refractivity contribution < 1.29 is 9.47 Å². The van der Waals surface area contributed by atoms with Crippen LogP contribution in [0.5, 0.6) is 5.75 Å². The van der Waals surface area contributed by atoms with Crippen molar-refractivity contribution in [2.24, 2.45) is 17.8 Å². The van der Waals surface area contributed by atoms with Crippen LogP contribution in [0, 0.1) is 17.8 Å². The molecular formula is C19H24Cl2O2. The first-order valence-electron chi connectivity index (χ1n) is 8.50. The van der Waals surface area contributed by atoms with Gasteiger partial charge in [0.1, 0.15) is 15.7 Å². The molecule has 0 N–H and O–H groups in total. The van der Waals surface area contributed by atoms with Gasteiger partial charge in [-0.15, -0.1) is 23.2 Å². The molecule has 0 amide bonds. The zero-order valence-corrected chi connectivity index (χ0v) is 15.6. The Morgan fingerprint density at radius 2 is 1.78 bits per heavy atom. The van der Waals surface area contributed by atoms with E-state index in [0.717, 1.165) is 24.2 Å². The minimum Gasteiger partial charge on any atom is -0.487 e. The Morgan fingerprint density at radius 1 is 1.13 bits per heavy atom. The van der Waals surface area contributed by atoms with Crippen LogP contribution in [0.4, 0.5) is 0 Å². The highest BCUT2D eigenvalue weighted by molar-refractivity contribution is 6.51. The van der Waals surface area contributed by atoms with Gasteiger partial charge >= 0.3 is 0 Å². The van der Waals surface area contributed by atoms with Crippen molar-refractivity contribution in [3.05, 3.63) is 29.8 Å². The molecule has 4 heteroatoms. The first-order valence-corrected chi connectivity index (χ1v) is 9.26. The highest BCUT2D eigenvalue weighted by Gasteiger charge is 2.69. The van der Waals surface area contributed by atoms with Crippen LogP contribution in [0.1, 0.15) is 52.2 Å². The lowest BCUT2D eigenvalue weighted by atomic mass is 9.72. The Labute approximate surface area is 148 Å². The molecule has 1 aromatic rings. The van der Waals surface area contributed by atoms with Crippen molar-refractivity contribution in [3.8, 4) is 5.75 Å². The predicted molar refractivity (Wildman–Crippen MR) is 93.2 cm³/mol. The van der Waals surface area contributed by atoms with Gasteiger partial charge in [-0.25, -0.2) is 0 Å². The van der Waals surface area contributed by atoms with Gasteiger partial charge in [0.2, 0.25) is 0 Å². The van der Waals surface area contributed by atoms with E-state index in [2.05, 4.69) is 39.8 Å². The van der Waals surface area contributed by atoms with Gasteiger partial charge in [-0.2, -0.15) is 0 Å². The molecule has 0 spiro atoms. The van der Waals surface area contributed by atoms with Gasteiger partial charge in [-0.1, -0.05) is 25.1 Å². The number of hydrogen-bond acceptors (Lipinski definition) is 2. The van der Waals surface area contributed by atoms with Crippen LogP contribution in [0.15, 0.2) is 24.3 Å². The summed E-state index contributed by atoms with van der Waals surface area (Å²) in [5.74, 6) is 1.75. The number of benzene rings is 1. The fourth-order valence-corrected chi connectivity index (χ4v) is 5.79. The zero-order valence-electron chi connectivity index (χ0n) is 14.1. The average Bonchev–Trinajstić information content (AvgIpc) is 2.97. The standard InChI is InChI=1S/C19H24Cl2O2/c1-11-16(19(11,20)21)18(4)10-9-13-15(23-18)12-7-5-6-8-14(12)22-17(13,2)3/h5-8,11,13,15-16H,9-10H2,1-4H3/t11-,13+,15-,16-,18+/m1/s1. The Morgan fingerprint density at radius 3 is 2.43 bits per heavy atom. The average molecular weight is 355 g/mol. The fraction of sp³-hybridized carbons (Fsp3) is 0.684. The molecule has 2 heterocycles. The van der Waals surface area contributed by atoms with E-state index in [1.165, 1.54) is 0 Å². The first kappa shape index (κ1) is 16.1. The predicted octanol–water partition coefficient (Wildman–Crippen LogP) is 5.52. The van der Waals surface area contributed by atoms with Crippen molar-refractivity contribution in [2.45, 2.75) is 62.2 Å². The molecule has 2 nitrogen and oxygen atoms in total. The molecule has 0 bridgehead atoms. The second-order valence-corrected chi connectivity index (χ2v) is 9.62. The molecule has 23 heavy (non-hydrogen) atoms. The second kappa shape index (κ2) is 4.80. The summed E-state index contributed by atoms with van der Waals surface area (Å²) in [6.45, 7) is 8.63. The molecule has 4 rings (SSSR count). The van der Waals surface area contributed by atoms with Gasteiger partial charge in [0.25, 0.3) is 0 Å². The van der Waals surface area contributed by atoms with E-state index in [9.17, 15) is 0 Å². The van der Waals surface area contributed by atoms with E-state index < -0.39 is 4.33 Å². The van der Waals surface area contributed by atoms with Crippen molar-refractivity contribution >= 4 is 23.2 Å². The third kappa shape index (κ3) is 2.25.